The summed E-state index contributed by atoms with van der Waals surface area (Å²) in [5, 5.41) is 15.1. The lowest BCUT2D eigenvalue weighted by atomic mass is 10.1. The van der Waals surface area contributed by atoms with Crippen LogP contribution in [0.5, 0.6) is 0 Å². The highest BCUT2D eigenvalue weighted by atomic mass is 32.1. The van der Waals surface area contributed by atoms with Crippen LogP contribution in [0.3, 0.4) is 0 Å². The predicted octanol–water partition coefficient (Wildman–Crippen LogP) is 4.38. The molecule has 1 aromatic carbocycles. The van der Waals surface area contributed by atoms with Gasteiger partial charge in [0.25, 0.3) is 0 Å². The highest BCUT2D eigenvalue weighted by molar-refractivity contribution is 7.08. The van der Waals surface area contributed by atoms with E-state index >= 15 is 0 Å². The summed E-state index contributed by atoms with van der Waals surface area (Å²) in [6, 6.07) is 6.86. The average molecular weight is 268 g/mol. The van der Waals surface area contributed by atoms with E-state index in [9.17, 15) is 13.2 Å². The van der Waals surface area contributed by atoms with Crippen molar-refractivity contribution in [3.8, 4) is 6.07 Å². The van der Waals surface area contributed by atoms with E-state index in [1.165, 1.54) is 17.4 Å². The van der Waals surface area contributed by atoms with E-state index in [1.807, 2.05) is 5.38 Å². The van der Waals surface area contributed by atoms with Crippen LogP contribution in [0.25, 0.3) is 0 Å². The Labute approximate surface area is 105 Å². The maximum atomic E-state index is 12.7. The lowest BCUT2D eigenvalue weighted by molar-refractivity contribution is -0.137. The molecule has 6 heteroatoms. The summed E-state index contributed by atoms with van der Waals surface area (Å²) in [7, 11) is 0. The lowest BCUT2D eigenvalue weighted by Gasteiger charge is -2.11. The molecule has 0 atom stereocenters. The van der Waals surface area contributed by atoms with Gasteiger partial charge in [-0.3, -0.25) is 0 Å². The summed E-state index contributed by atoms with van der Waals surface area (Å²) < 4.78 is 38.2. The van der Waals surface area contributed by atoms with Crippen LogP contribution >= 0.6 is 11.3 Å². The van der Waals surface area contributed by atoms with Crippen LogP contribution in [-0.4, -0.2) is 0 Å². The summed E-state index contributed by atoms with van der Waals surface area (Å²) in [4.78, 5) is 0. The fourth-order valence-electron chi connectivity index (χ4n) is 1.46. The van der Waals surface area contributed by atoms with Gasteiger partial charge in [0.2, 0.25) is 0 Å². The van der Waals surface area contributed by atoms with E-state index in [-0.39, 0.29) is 5.56 Å². The van der Waals surface area contributed by atoms with Gasteiger partial charge in [-0.1, -0.05) is 0 Å². The van der Waals surface area contributed by atoms with Crippen LogP contribution in [0, 0.1) is 11.3 Å². The number of halogens is 3. The van der Waals surface area contributed by atoms with Gasteiger partial charge in [0.05, 0.1) is 17.2 Å². The Morgan fingerprint density at radius 1 is 1.17 bits per heavy atom. The van der Waals surface area contributed by atoms with Gasteiger partial charge in [0.1, 0.15) is 0 Å². The van der Waals surface area contributed by atoms with Gasteiger partial charge in [0.15, 0.2) is 0 Å². The number of benzene rings is 1. The van der Waals surface area contributed by atoms with E-state index in [2.05, 4.69) is 5.32 Å². The largest absolute Gasteiger partial charge is 0.417 e. The van der Waals surface area contributed by atoms with Crippen molar-refractivity contribution in [2.24, 2.45) is 0 Å². The standard InChI is InChI=1S/C12H7F3N2S/c13-12(14,15)11-5-9(2-1-8(11)6-16)17-10-3-4-18-7-10/h1-5,7,17H. The molecular formula is C12H7F3N2S. The van der Waals surface area contributed by atoms with E-state index in [0.29, 0.717) is 5.69 Å². The van der Waals surface area contributed by atoms with Gasteiger partial charge < -0.3 is 5.32 Å². The molecule has 18 heavy (non-hydrogen) atoms. The Kier molecular flexibility index (Phi) is 3.26. The fraction of sp³-hybridized carbons (Fsp3) is 0.0833. The summed E-state index contributed by atoms with van der Waals surface area (Å²) in [6.07, 6.45) is -4.53. The summed E-state index contributed by atoms with van der Waals surface area (Å²) in [5.41, 5.74) is -0.277. The van der Waals surface area contributed by atoms with Crippen LogP contribution in [0.2, 0.25) is 0 Å². The molecule has 0 fully saturated rings. The number of alkyl halides is 3. The zero-order chi connectivity index (χ0) is 13.2. The summed E-state index contributed by atoms with van der Waals surface area (Å²) in [6.45, 7) is 0. The number of nitrogens with one attached hydrogen (secondary N) is 1. The first-order valence-corrected chi connectivity index (χ1v) is 5.85. The molecule has 0 aliphatic heterocycles. The smallest absolute Gasteiger partial charge is 0.355 e. The van der Waals surface area contributed by atoms with E-state index in [0.717, 1.165) is 17.8 Å². The van der Waals surface area contributed by atoms with Crippen LogP contribution < -0.4 is 5.32 Å². The molecule has 0 spiro atoms. The van der Waals surface area contributed by atoms with Crippen molar-refractivity contribution in [3.05, 3.63) is 46.2 Å². The number of nitriles is 1. The Bertz CT molecular complexity index is 582. The van der Waals surface area contributed by atoms with Gasteiger partial charge in [-0.15, -0.1) is 0 Å². The number of anilines is 2. The molecule has 0 bridgehead atoms. The molecule has 1 heterocycles. The van der Waals surface area contributed by atoms with Crippen LogP contribution in [-0.2, 0) is 6.18 Å². The Morgan fingerprint density at radius 2 is 1.94 bits per heavy atom. The second-order valence-corrected chi connectivity index (χ2v) is 4.29. The van der Waals surface area contributed by atoms with Crippen LogP contribution in [0.15, 0.2) is 35.0 Å². The Hall–Kier alpha value is -2.00. The fourth-order valence-corrected chi connectivity index (χ4v) is 2.04. The SMILES string of the molecule is N#Cc1ccc(Nc2ccsc2)cc1C(F)(F)F. The van der Waals surface area contributed by atoms with Gasteiger partial charge in [-0.05, 0) is 29.6 Å². The Morgan fingerprint density at radius 3 is 2.50 bits per heavy atom. The van der Waals surface area contributed by atoms with Crippen LogP contribution in [0.4, 0.5) is 24.5 Å². The third-order valence-electron chi connectivity index (χ3n) is 2.26. The first-order chi connectivity index (χ1) is 8.50. The van der Waals surface area contributed by atoms with Crippen LogP contribution in [0.1, 0.15) is 11.1 Å². The van der Waals surface area contributed by atoms with Gasteiger partial charge in [-0.2, -0.15) is 29.8 Å². The second-order valence-electron chi connectivity index (χ2n) is 3.51. The molecule has 0 aliphatic carbocycles. The predicted molar refractivity (Wildman–Crippen MR) is 63.8 cm³/mol. The van der Waals surface area contributed by atoms with Crippen molar-refractivity contribution < 1.29 is 13.2 Å². The minimum Gasteiger partial charge on any atom is -0.355 e. The molecule has 1 aromatic heterocycles. The molecule has 0 saturated carbocycles. The summed E-state index contributed by atoms with van der Waals surface area (Å²) in [5.74, 6) is 0. The molecule has 0 unspecified atom stereocenters. The van der Waals surface area contributed by atoms with Gasteiger partial charge >= 0.3 is 6.18 Å². The number of thiophene rings is 1. The van der Waals surface area contributed by atoms with E-state index in [4.69, 9.17) is 5.26 Å². The molecule has 2 rings (SSSR count). The zero-order valence-corrected chi connectivity index (χ0v) is 9.77. The normalized spacial score (nSPS) is 11.0. The Balaban J connectivity index is 2.38. The first-order valence-electron chi connectivity index (χ1n) is 4.91. The molecule has 0 radical (unpaired) electrons. The number of hydrogen-bond acceptors (Lipinski definition) is 3. The number of hydrogen-bond donors (Lipinski definition) is 1. The van der Waals surface area contributed by atoms with Crippen molar-refractivity contribution in [1.29, 1.82) is 5.26 Å². The maximum Gasteiger partial charge on any atom is 0.417 e. The molecular weight excluding hydrogens is 261 g/mol. The van der Waals surface area contributed by atoms with Crippen molar-refractivity contribution in [1.82, 2.24) is 0 Å². The molecule has 92 valence electrons. The molecule has 0 saturated heterocycles. The minimum absolute atomic E-state index is 0.305. The van der Waals surface area contributed by atoms with Gasteiger partial charge in [-0.25, -0.2) is 0 Å². The number of nitrogens with zero attached hydrogens (tertiary/aromatic N) is 1. The van der Waals surface area contributed by atoms with Crippen molar-refractivity contribution >= 4 is 22.7 Å². The highest BCUT2D eigenvalue weighted by Crippen LogP contribution is 2.34. The topological polar surface area (TPSA) is 35.8 Å². The van der Waals surface area contributed by atoms with Gasteiger partial charge in [0, 0.05) is 16.8 Å². The summed E-state index contributed by atoms with van der Waals surface area (Å²) >= 11 is 1.44. The monoisotopic (exact) mass is 268 g/mol. The van der Waals surface area contributed by atoms with Crippen molar-refractivity contribution in [2.45, 2.75) is 6.18 Å². The van der Waals surface area contributed by atoms with E-state index in [1.54, 1.807) is 17.5 Å². The lowest BCUT2D eigenvalue weighted by Crippen LogP contribution is -2.08. The molecule has 1 N–H and O–H groups in total. The third-order valence-corrected chi connectivity index (χ3v) is 2.94. The quantitative estimate of drug-likeness (QED) is 0.877. The molecule has 2 aromatic rings. The highest BCUT2D eigenvalue weighted by Gasteiger charge is 2.33. The average Bonchev–Trinajstić information content (AvgIpc) is 2.80. The second kappa shape index (κ2) is 4.70. The molecule has 0 amide bonds. The first kappa shape index (κ1) is 12.5. The minimum atomic E-state index is -4.53. The third kappa shape index (κ3) is 2.63. The molecule has 0 aliphatic rings. The van der Waals surface area contributed by atoms with Crippen molar-refractivity contribution in [3.63, 3.8) is 0 Å². The number of rotatable bonds is 2. The van der Waals surface area contributed by atoms with E-state index < -0.39 is 11.7 Å². The molecule has 2 nitrogen and oxygen atoms in total. The van der Waals surface area contributed by atoms with Crippen molar-refractivity contribution in [2.75, 3.05) is 5.32 Å². The zero-order valence-electron chi connectivity index (χ0n) is 8.95. The maximum absolute atomic E-state index is 12.7.